The predicted molar refractivity (Wildman–Crippen MR) is 66.0 cm³/mol. The van der Waals surface area contributed by atoms with Crippen molar-refractivity contribution in [3.63, 3.8) is 0 Å². The monoisotopic (exact) mass is 301 g/mol. The molecule has 0 radical (unpaired) electrons. The molecule has 0 bridgehead atoms. The van der Waals surface area contributed by atoms with Gasteiger partial charge in [0.15, 0.2) is 0 Å². The SMILES string of the molecule is O=[N+]([O-])c1cc(Br)cnc1N1CCC(CO)C1. The van der Waals surface area contributed by atoms with Crippen LogP contribution < -0.4 is 4.90 Å². The second-order valence-corrected chi connectivity index (χ2v) is 4.95. The molecule has 1 aromatic rings. The Bertz CT molecular complexity index is 441. The van der Waals surface area contributed by atoms with Gasteiger partial charge in [0.2, 0.25) is 5.82 Å². The van der Waals surface area contributed by atoms with Gasteiger partial charge in [-0.25, -0.2) is 4.98 Å². The predicted octanol–water partition coefficient (Wildman–Crippen LogP) is 1.57. The van der Waals surface area contributed by atoms with Crippen LogP contribution in [0.2, 0.25) is 0 Å². The van der Waals surface area contributed by atoms with E-state index in [1.54, 1.807) is 6.20 Å². The van der Waals surface area contributed by atoms with Crippen LogP contribution in [0.25, 0.3) is 0 Å². The van der Waals surface area contributed by atoms with Crippen LogP contribution in [0.4, 0.5) is 11.5 Å². The first-order valence-corrected chi connectivity index (χ1v) is 6.07. The number of rotatable bonds is 3. The first kappa shape index (κ1) is 12.3. The van der Waals surface area contributed by atoms with Gasteiger partial charge >= 0.3 is 5.69 Å². The van der Waals surface area contributed by atoms with Crippen molar-refractivity contribution in [2.45, 2.75) is 6.42 Å². The van der Waals surface area contributed by atoms with Crippen LogP contribution in [0.15, 0.2) is 16.7 Å². The van der Waals surface area contributed by atoms with E-state index in [4.69, 9.17) is 5.11 Å². The summed E-state index contributed by atoms with van der Waals surface area (Å²) in [5.41, 5.74) is -0.00188. The summed E-state index contributed by atoms with van der Waals surface area (Å²) in [7, 11) is 0. The summed E-state index contributed by atoms with van der Waals surface area (Å²) in [6.45, 7) is 1.42. The van der Waals surface area contributed by atoms with Crippen molar-refractivity contribution in [1.29, 1.82) is 0 Å². The van der Waals surface area contributed by atoms with Gasteiger partial charge in [-0.3, -0.25) is 10.1 Å². The van der Waals surface area contributed by atoms with E-state index in [0.29, 0.717) is 23.4 Å². The van der Waals surface area contributed by atoms with Gasteiger partial charge in [-0.15, -0.1) is 0 Å². The number of nitro groups is 1. The zero-order chi connectivity index (χ0) is 12.4. The van der Waals surface area contributed by atoms with Crippen molar-refractivity contribution in [2.75, 3.05) is 24.6 Å². The minimum absolute atomic E-state index is 0.00188. The van der Waals surface area contributed by atoms with Gasteiger partial charge in [-0.2, -0.15) is 0 Å². The van der Waals surface area contributed by atoms with E-state index < -0.39 is 4.92 Å². The van der Waals surface area contributed by atoms with Gasteiger partial charge in [0.05, 0.1) is 4.92 Å². The lowest BCUT2D eigenvalue weighted by Crippen LogP contribution is -2.22. The van der Waals surface area contributed by atoms with Crippen molar-refractivity contribution in [1.82, 2.24) is 4.98 Å². The number of aliphatic hydroxyl groups is 1. The van der Waals surface area contributed by atoms with E-state index >= 15 is 0 Å². The lowest BCUT2D eigenvalue weighted by atomic mass is 10.1. The Balaban J connectivity index is 2.29. The minimum atomic E-state index is -0.431. The number of hydrogen-bond acceptors (Lipinski definition) is 5. The number of aliphatic hydroxyl groups excluding tert-OH is 1. The highest BCUT2D eigenvalue weighted by atomic mass is 79.9. The van der Waals surface area contributed by atoms with E-state index in [0.717, 1.165) is 6.42 Å². The molecule has 2 heterocycles. The standard InChI is InChI=1S/C10H12BrN3O3/c11-8-3-9(14(16)17)10(12-4-8)13-2-1-7(5-13)6-15/h3-4,7,15H,1-2,5-6H2. The molecule has 1 fully saturated rings. The maximum absolute atomic E-state index is 11.0. The summed E-state index contributed by atoms with van der Waals surface area (Å²) in [5.74, 6) is 0.564. The number of hydrogen-bond donors (Lipinski definition) is 1. The Labute approximate surface area is 107 Å². The summed E-state index contributed by atoms with van der Waals surface area (Å²) >= 11 is 3.17. The molecule has 1 N–H and O–H groups in total. The van der Waals surface area contributed by atoms with Crippen LogP contribution in [0.5, 0.6) is 0 Å². The molecule has 0 spiro atoms. The molecule has 1 aliphatic heterocycles. The van der Waals surface area contributed by atoms with Crippen molar-refractivity contribution in [2.24, 2.45) is 5.92 Å². The number of halogens is 1. The molecule has 1 aromatic heterocycles. The van der Waals surface area contributed by atoms with E-state index in [1.807, 2.05) is 4.90 Å². The molecule has 0 aromatic carbocycles. The highest BCUT2D eigenvalue weighted by molar-refractivity contribution is 9.10. The Morgan fingerprint density at radius 1 is 1.71 bits per heavy atom. The third kappa shape index (κ3) is 2.55. The molecule has 0 amide bonds. The summed E-state index contributed by atoms with van der Waals surface area (Å²) in [5, 5.41) is 20.0. The highest BCUT2D eigenvalue weighted by Crippen LogP contribution is 2.31. The number of nitrogens with zero attached hydrogens (tertiary/aromatic N) is 3. The molecule has 7 heteroatoms. The fourth-order valence-corrected chi connectivity index (χ4v) is 2.29. The van der Waals surface area contributed by atoms with E-state index in [-0.39, 0.29) is 18.2 Å². The molecule has 6 nitrogen and oxygen atoms in total. The van der Waals surface area contributed by atoms with Crippen LogP contribution in [-0.2, 0) is 0 Å². The Morgan fingerprint density at radius 3 is 3.06 bits per heavy atom. The number of pyridine rings is 1. The number of aromatic nitrogens is 1. The van der Waals surface area contributed by atoms with Crippen molar-refractivity contribution in [3.05, 3.63) is 26.9 Å². The maximum Gasteiger partial charge on any atom is 0.312 e. The van der Waals surface area contributed by atoms with Crippen LogP contribution in [0, 0.1) is 16.0 Å². The van der Waals surface area contributed by atoms with Gasteiger partial charge in [0.25, 0.3) is 0 Å². The largest absolute Gasteiger partial charge is 0.396 e. The van der Waals surface area contributed by atoms with Crippen molar-refractivity contribution < 1.29 is 10.0 Å². The van der Waals surface area contributed by atoms with Crippen LogP contribution in [0.3, 0.4) is 0 Å². The molecule has 1 saturated heterocycles. The Hall–Kier alpha value is -1.21. The quantitative estimate of drug-likeness (QED) is 0.677. The van der Waals surface area contributed by atoms with Crippen LogP contribution >= 0.6 is 15.9 Å². The molecule has 0 aliphatic carbocycles. The summed E-state index contributed by atoms with van der Waals surface area (Å²) in [6.07, 6.45) is 2.39. The minimum Gasteiger partial charge on any atom is -0.396 e. The molecule has 2 rings (SSSR count). The third-order valence-corrected chi connectivity index (χ3v) is 3.29. The second kappa shape index (κ2) is 4.97. The first-order valence-electron chi connectivity index (χ1n) is 5.27. The Kier molecular flexibility index (Phi) is 3.58. The molecular weight excluding hydrogens is 290 g/mol. The lowest BCUT2D eigenvalue weighted by molar-refractivity contribution is -0.384. The van der Waals surface area contributed by atoms with Gasteiger partial charge in [0, 0.05) is 42.4 Å². The molecular formula is C10H12BrN3O3. The van der Waals surface area contributed by atoms with Crippen molar-refractivity contribution in [3.8, 4) is 0 Å². The number of anilines is 1. The molecule has 1 atom stereocenters. The first-order chi connectivity index (χ1) is 8.11. The average molecular weight is 302 g/mol. The fraction of sp³-hybridized carbons (Fsp3) is 0.500. The highest BCUT2D eigenvalue weighted by Gasteiger charge is 2.28. The molecule has 0 saturated carbocycles. The Morgan fingerprint density at radius 2 is 2.47 bits per heavy atom. The summed E-state index contributed by atoms with van der Waals surface area (Å²) in [4.78, 5) is 16.5. The zero-order valence-electron chi connectivity index (χ0n) is 9.04. The van der Waals surface area contributed by atoms with E-state index in [1.165, 1.54) is 6.07 Å². The lowest BCUT2D eigenvalue weighted by Gasteiger charge is -2.16. The smallest absolute Gasteiger partial charge is 0.312 e. The van der Waals surface area contributed by atoms with Gasteiger partial charge < -0.3 is 10.0 Å². The fourth-order valence-electron chi connectivity index (χ4n) is 1.97. The summed E-state index contributed by atoms with van der Waals surface area (Å²) < 4.78 is 0.589. The molecule has 17 heavy (non-hydrogen) atoms. The normalized spacial score (nSPS) is 19.6. The van der Waals surface area contributed by atoms with E-state index in [9.17, 15) is 10.1 Å². The molecule has 92 valence electrons. The second-order valence-electron chi connectivity index (χ2n) is 4.04. The topological polar surface area (TPSA) is 79.5 Å². The average Bonchev–Trinajstić information content (AvgIpc) is 2.77. The molecule has 1 aliphatic rings. The zero-order valence-corrected chi connectivity index (χ0v) is 10.6. The van der Waals surface area contributed by atoms with Gasteiger partial charge in [-0.05, 0) is 22.4 Å². The van der Waals surface area contributed by atoms with E-state index in [2.05, 4.69) is 20.9 Å². The van der Waals surface area contributed by atoms with Gasteiger partial charge in [0.1, 0.15) is 0 Å². The maximum atomic E-state index is 11.0. The van der Waals surface area contributed by atoms with Crippen LogP contribution in [-0.4, -0.2) is 34.7 Å². The molecule has 1 unspecified atom stereocenters. The van der Waals surface area contributed by atoms with Crippen LogP contribution in [0.1, 0.15) is 6.42 Å². The van der Waals surface area contributed by atoms with Gasteiger partial charge in [-0.1, -0.05) is 0 Å². The summed E-state index contributed by atoms with van der Waals surface area (Å²) in [6, 6.07) is 1.45. The van der Waals surface area contributed by atoms with Crippen molar-refractivity contribution >= 4 is 27.4 Å². The third-order valence-electron chi connectivity index (χ3n) is 2.85.